The number of benzene rings is 2. The number of hydrogen-bond donors (Lipinski definition) is 1. The Hall–Kier alpha value is -3.14. The Kier molecular flexibility index (Phi) is 6.92. The molecule has 134 valence electrons. The van der Waals surface area contributed by atoms with Gasteiger partial charge in [-0.15, -0.1) is 0 Å². The maximum absolute atomic E-state index is 12.8. The molecule has 0 aliphatic heterocycles. The third-order valence-electron chi connectivity index (χ3n) is 3.60. The number of hydrogen-bond acceptors (Lipinski definition) is 3. The fraction of sp³-hybridized carbons (Fsp3) is 0.182. The molecule has 2 aromatic rings. The molecule has 4 heteroatoms. The van der Waals surface area contributed by atoms with E-state index in [0.717, 1.165) is 11.1 Å². The number of amides is 1. The second kappa shape index (κ2) is 9.37. The van der Waals surface area contributed by atoms with Crippen LogP contribution in [0.2, 0.25) is 0 Å². The highest BCUT2D eigenvalue weighted by atomic mass is 16.5. The molecule has 0 heterocycles. The molecule has 1 amide bonds. The monoisotopic (exact) mass is 349 g/mol. The average Bonchev–Trinajstić information content (AvgIpc) is 2.59. The quantitative estimate of drug-likeness (QED) is 0.469. The molecule has 2 rings (SSSR count). The smallest absolute Gasteiger partial charge is 0.331 e. The Morgan fingerprint density at radius 2 is 1.65 bits per heavy atom. The largest absolute Gasteiger partial charge is 0.444 e. The minimum atomic E-state index is -1.03. The van der Waals surface area contributed by atoms with Crippen LogP contribution in [0.5, 0.6) is 0 Å². The van der Waals surface area contributed by atoms with Gasteiger partial charge in [0.15, 0.2) is 0 Å². The lowest BCUT2D eigenvalue weighted by molar-refractivity contribution is -0.149. The van der Waals surface area contributed by atoms with E-state index in [0.29, 0.717) is 11.3 Å². The number of esters is 1. The third kappa shape index (κ3) is 5.74. The second-order valence-electron chi connectivity index (χ2n) is 5.98. The molecule has 0 spiro atoms. The number of rotatable bonds is 6. The van der Waals surface area contributed by atoms with E-state index in [4.69, 9.17) is 4.74 Å². The summed E-state index contributed by atoms with van der Waals surface area (Å²) >= 11 is 0. The van der Waals surface area contributed by atoms with E-state index < -0.39 is 18.0 Å². The molecule has 0 aliphatic carbocycles. The van der Waals surface area contributed by atoms with Crippen molar-refractivity contribution in [3.8, 4) is 0 Å². The normalized spacial score (nSPS) is 12.3. The molecule has 0 bridgehead atoms. The number of nitrogens with one attached hydrogen (secondary N) is 1. The molecule has 0 unspecified atom stereocenters. The molecule has 0 fully saturated rings. The number of anilines is 1. The zero-order valence-electron chi connectivity index (χ0n) is 15.2. The van der Waals surface area contributed by atoms with Crippen molar-refractivity contribution in [1.29, 1.82) is 0 Å². The van der Waals surface area contributed by atoms with Gasteiger partial charge in [0.05, 0.1) is 0 Å². The van der Waals surface area contributed by atoms with Gasteiger partial charge in [0.25, 0.3) is 5.91 Å². The minimum Gasteiger partial charge on any atom is -0.444 e. The van der Waals surface area contributed by atoms with Crippen molar-refractivity contribution in [2.75, 3.05) is 5.32 Å². The zero-order chi connectivity index (χ0) is 18.9. The second-order valence-corrected chi connectivity index (χ2v) is 5.98. The Morgan fingerprint density at radius 3 is 2.27 bits per heavy atom. The SMILES string of the molecule is C/C=C/C=C/C(=O)O[C@H](C(=O)Nc1cc(C)cc(C)c1)c1ccccc1. The fourth-order valence-electron chi connectivity index (χ4n) is 2.56. The van der Waals surface area contributed by atoms with Crippen LogP contribution in [0.15, 0.2) is 72.8 Å². The van der Waals surface area contributed by atoms with E-state index in [2.05, 4.69) is 5.32 Å². The maximum atomic E-state index is 12.8. The first-order valence-electron chi connectivity index (χ1n) is 8.43. The number of ether oxygens (including phenoxy) is 1. The lowest BCUT2D eigenvalue weighted by Crippen LogP contribution is -2.25. The first-order valence-corrected chi connectivity index (χ1v) is 8.43. The van der Waals surface area contributed by atoms with E-state index in [1.54, 1.807) is 42.5 Å². The molecule has 2 aromatic carbocycles. The average molecular weight is 349 g/mol. The van der Waals surface area contributed by atoms with Gasteiger partial charge in [-0.2, -0.15) is 0 Å². The van der Waals surface area contributed by atoms with Gasteiger partial charge in [-0.3, -0.25) is 4.79 Å². The molecule has 0 saturated heterocycles. The molecule has 26 heavy (non-hydrogen) atoms. The predicted octanol–water partition coefficient (Wildman–Crippen LogP) is 4.66. The van der Waals surface area contributed by atoms with Crippen molar-refractivity contribution in [3.63, 3.8) is 0 Å². The van der Waals surface area contributed by atoms with Gasteiger partial charge in [0, 0.05) is 17.3 Å². The standard InChI is InChI=1S/C22H23NO3/c1-4-5-7-12-20(24)26-21(18-10-8-6-9-11-18)22(25)23-19-14-16(2)13-17(3)15-19/h4-15,21H,1-3H3,(H,23,25)/b5-4+,12-7+/t21-/m0/s1. The van der Waals surface area contributed by atoms with Crippen molar-refractivity contribution in [2.24, 2.45) is 0 Å². The Labute approximate surface area is 154 Å². The molecule has 1 atom stereocenters. The summed E-state index contributed by atoms with van der Waals surface area (Å²) in [4.78, 5) is 24.8. The number of carbonyl (C=O) groups excluding carboxylic acids is 2. The van der Waals surface area contributed by atoms with E-state index in [1.165, 1.54) is 6.08 Å². The van der Waals surface area contributed by atoms with Crippen LogP contribution < -0.4 is 5.32 Å². The molecular formula is C22H23NO3. The van der Waals surface area contributed by atoms with Crippen molar-refractivity contribution >= 4 is 17.6 Å². The third-order valence-corrected chi connectivity index (χ3v) is 3.60. The van der Waals surface area contributed by atoms with Crippen LogP contribution in [0.3, 0.4) is 0 Å². The zero-order valence-corrected chi connectivity index (χ0v) is 15.2. The van der Waals surface area contributed by atoms with Crippen LogP contribution >= 0.6 is 0 Å². The fourth-order valence-corrected chi connectivity index (χ4v) is 2.56. The van der Waals surface area contributed by atoms with Crippen molar-refractivity contribution in [3.05, 3.63) is 89.5 Å². The van der Waals surface area contributed by atoms with E-state index in [-0.39, 0.29) is 0 Å². The van der Waals surface area contributed by atoms with E-state index in [1.807, 2.05) is 45.0 Å². The Morgan fingerprint density at radius 1 is 1.00 bits per heavy atom. The topological polar surface area (TPSA) is 55.4 Å². The van der Waals surface area contributed by atoms with Gasteiger partial charge in [0.1, 0.15) is 0 Å². The van der Waals surface area contributed by atoms with Crippen LogP contribution in [-0.2, 0) is 14.3 Å². The summed E-state index contributed by atoms with van der Waals surface area (Å²) in [7, 11) is 0. The molecule has 0 saturated carbocycles. The highest BCUT2D eigenvalue weighted by molar-refractivity contribution is 5.97. The summed E-state index contributed by atoms with van der Waals surface area (Å²) in [6.07, 6.45) is 5.35. The summed E-state index contributed by atoms with van der Waals surface area (Å²) in [5, 5.41) is 2.84. The van der Waals surface area contributed by atoms with Gasteiger partial charge < -0.3 is 10.1 Å². The summed E-state index contributed by atoms with van der Waals surface area (Å²) in [5.74, 6) is -0.971. The first-order chi connectivity index (χ1) is 12.5. The number of carbonyl (C=O) groups is 2. The highest BCUT2D eigenvalue weighted by Crippen LogP contribution is 2.21. The Bertz CT molecular complexity index is 802. The molecule has 1 N–H and O–H groups in total. The van der Waals surface area contributed by atoms with E-state index in [9.17, 15) is 9.59 Å². The van der Waals surface area contributed by atoms with Gasteiger partial charge in [-0.05, 0) is 44.0 Å². The molecular weight excluding hydrogens is 326 g/mol. The van der Waals surface area contributed by atoms with Gasteiger partial charge in [-0.1, -0.05) is 54.6 Å². The summed E-state index contributed by atoms with van der Waals surface area (Å²) in [6.45, 7) is 5.77. The van der Waals surface area contributed by atoms with E-state index >= 15 is 0 Å². The summed E-state index contributed by atoms with van der Waals surface area (Å²) < 4.78 is 5.41. The lowest BCUT2D eigenvalue weighted by atomic mass is 10.1. The number of aryl methyl sites for hydroxylation is 2. The predicted molar refractivity (Wildman–Crippen MR) is 104 cm³/mol. The van der Waals surface area contributed by atoms with Crippen LogP contribution in [-0.4, -0.2) is 11.9 Å². The van der Waals surface area contributed by atoms with Gasteiger partial charge in [-0.25, -0.2) is 4.79 Å². The van der Waals surface area contributed by atoms with Gasteiger partial charge >= 0.3 is 5.97 Å². The molecule has 0 aromatic heterocycles. The van der Waals surface area contributed by atoms with Crippen LogP contribution in [0.25, 0.3) is 0 Å². The first kappa shape index (κ1) is 19.2. The maximum Gasteiger partial charge on any atom is 0.331 e. The van der Waals surface area contributed by atoms with Crippen molar-refractivity contribution < 1.29 is 14.3 Å². The lowest BCUT2D eigenvalue weighted by Gasteiger charge is -2.17. The van der Waals surface area contributed by atoms with Crippen molar-refractivity contribution in [1.82, 2.24) is 0 Å². The summed E-state index contributed by atoms with van der Waals surface area (Å²) in [6, 6.07) is 14.7. The van der Waals surface area contributed by atoms with Gasteiger partial charge in [0.2, 0.25) is 6.10 Å². The Balaban J connectivity index is 2.22. The van der Waals surface area contributed by atoms with Crippen LogP contribution in [0.1, 0.15) is 29.7 Å². The highest BCUT2D eigenvalue weighted by Gasteiger charge is 2.24. The van der Waals surface area contributed by atoms with Crippen LogP contribution in [0.4, 0.5) is 5.69 Å². The van der Waals surface area contributed by atoms with Crippen LogP contribution in [0, 0.1) is 13.8 Å². The van der Waals surface area contributed by atoms with Crippen molar-refractivity contribution in [2.45, 2.75) is 26.9 Å². The molecule has 4 nitrogen and oxygen atoms in total. The minimum absolute atomic E-state index is 0.394. The summed E-state index contributed by atoms with van der Waals surface area (Å²) in [5.41, 5.74) is 3.38. The molecule has 0 radical (unpaired) electrons. The molecule has 0 aliphatic rings. The number of allylic oxidation sites excluding steroid dienone is 3.